The summed E-state index contributed by atoms with van der Waals surface area (Å²) in [5.41, 5.74) is 1.07. The van der Waals surface area contributed by atoms with Crippen molar-refractivity contribution in [2.45, 2.75) is 32.9 Å². The number of anilines is 1. The van der Waals surface area contributed by atoms with E-state index in [9.17, 15) is 9.59 Å². The first-order valence-corrected chi connectivity index (χ1v) is 10.7. The van der Waals surface area contributed by atoms with Crippen molar-refractivity contribution in [3.05, 3.63) is 51.6 Å². The van der Waals surface area contributed by atoms with E-state index in [-0.39, 0.29) is 17.1 Å². The van der Waals surface area contributed by atoms with E-state index < -0.39 is 0 Å². The number of imide groups is 1. The van der Waals surface area contributed by atoms with Gasteiger partial charge in [-0.3, -0.25) is 9.59 Å². The van der Waals surface area contributed by atoms with Gasteiger partial charge in [0.15, 0.2) is 0 Å². The van der Waals surface area contributed by atoms with E-state index in [1.807, 2.05) is 31.4 Å². The Labute approximate surface area is 168 Å². The molecule has 0 aliphatic carbocycles. The van der Waals surface area contributed by atoms with Crippen molar-refractivity contribution in [1.29, 1.82) is 0 Å². The smallest absolute Gasteiger partial charge is 0.272 e. The van der Waals surface area contributed by atoms with E-state index in [0.29, 0.717) is 28.7 Å². The molecular formula is C21H23NO3S2. The summed E-state index contributed by atoms with van der Waals surface area (Å²) < 4.78 is 5.69. The molecular weight excluding hydrogens is 378 g/mol. The molecule has 142 valence electrons. The summed E-state index contributed by atoms with van der Waals surface area (Å²) >= 11 is 2.92. The van der Waals surface area contributed by atoms with Crippen molar-refractivity contribution < 1.29 is 14.3 Å². The summed E-state index contributed by atoms with van der Waals surface area (Å²) in [5.74, 6) is 0.647. The first-order chi connectivity index (χ1) is 12.9. The quantitative estimate of drug-likeness (QED) is 0.598. The molecule has 0 atom stereocenters. The number of rotatable bonds is 7. The summed E-state index contributed by atoms with van der Waals surface area (Å²) in [6.07, 6.45) is 0. The van der Waals surface area contributed by atoms with E-state index in [0.717, 1.165) is 10.6 Å². The molecule has 2 aromatic rings. The average molecular weight is 402 g/mol. The molecule has 0 spiro atoms. The third-order valence-corrected chi connectivity index (χ3v) is 5.81. The van der Waals surface area contributed by atoms with Crippen LogP contribution in [0.3, 0.4) is 0 Å². The van der Waals surface area contributed by atoms with Crippen LogP contribution < -0.4 is 9.64 Å². The van der Waals surface area contributed by atoms with Crippen LogP contribution in [0.2, 0.25) is 0 Å². The topological polar surface area (TPSA) is 46.6 Å². The lowest BCUT2D eigenvalue weighted by molar-refractivity contribution is -0.119. The van der Waals surface area contributed by atoms with Gasteiger partial charge in [0, 0.05) is 10.1 Å². The molecule has 2 heterocycles. The first kappa shape index (κ1) is 19.7. The zero-order valence-corrected chi connectivity index (χ0v) is 17.5. The number of carbonyl (C=O) groups is 2. The third kappa shape index (κ3) is 4.28. The Balaban J connectivity index is 1.90. The van der Waals surface area contributed by atoms with Crippen molar-refractivity contribution in [3.8, 4) is 5.75 Å². The number of ether oxygens (including phenoxy) is 1. The molecule has 0 N–H and O–H groups in total. The number of thiophene rings is 1. The number of benzene rings is 1. The Hall–Kier alpha value is -2.05. The van der Waals surface area contributed by atoms with Gasteiger partial charge in [-0.2, -0.15) is 0 Å². The number of hydrogen-bond donors (Lipinski definition) is 0. The van der Waals surface area contributed by atoms with Crippen LogP contribution in [0, 0.1) is 5.92 Å². The van der Waals surface area contributed by atoms with Crippen molar-refractivity contribution in [2.75, 3.05) is 11.5 Å². The summed E-state index contributed by atoms with van der Waals surface area (Å²) in [5, 5.41) is 2.12. The van der Waals surface area contributed by atoms with Crippen molar-refractivity contribution >= 4 is 46.2 Å². The van der Waals surface area contributed by atoms with Gasteiger partial charge >= 0.3 is 0 Å². The summed E-state index contributed by atoms with van der Waals surface area (Å²) in [6, 6.07) is 10.9. The lowest BCUT2D eigenvalue weighted by atomic mass is 10.2. The monoisotopic (exact) mass is 401 g/mol. The molecule has 0 bridgehead atoms. The van der Waals surface area contributed by atoms with E-state index in [4.69, 9.17) is 4.74 Å². The third-order valence-electron chi connectivity index (χ3n) is 3.84. The molecule has 0 saturated carbocycles. The normalized spacial score (nSPS) is 14.8. The molecule has 0 saturated heterocycles. The van der Waals surface area contributed by atoms with Crippen molar-refractivity contribution in [2.24, 2.45) is 5.92 Å². The number of hydrogen-bond acceptors (Lipinski definition) is 5. The van der Waals surface area contributed by atoms with Crippen LogP contribution in [-0.4, -0.2) is 23.7 Å². The fourth-order valence-electron chi connectivity index (χ4n) is 2.68. The predicted octanol–water partition coefficient (Wildman–Crippen LogP) is 5.21. The van der Waals surface area contributed by atoms with Crippen molar-refractivity contribution in [1.82, 2.24) is 0 Å². The number of nitrogens with zero attached hydrogens (tertiary/aromatic N) is 1. The highest BCUT2D eigenvalue weighted by atomic mass is 32.2. The SMILES string of the molecule is CC(C)COc1ccc(N2C(=O)C(SC(C)C)=C(c3cccs3)C2=O)cc1. The summed E-state index contributed by atoms with van der Waals surface area (Å²) in [6.45, 7) is 8.83. The van der Waals surface area contributed by atoms with Gasteiger partial charge in [0.05, 0.1) is 22.8 Å². The molecule has 4 nitrogen and oxygen atoms in total. The van der Waals surface area contributed by atoms with Gasteiger partial charge in [-0.15, -0.1) is 23.1 Å². The Morgan fingerprint density at radius 1 is 1.04 bits per heavy atom. The van der Waals surface area contributed by atoms with Crippen LogP contribution in [0.5, 0.6) is 5.75 Å². The molecule has 1 aromatic carbocycles. The average Bonchev–Trinajstić information content (AvgIpc) is 3.21. The molecule has 0 fully saturated rings. The maximum absolute atomic E-state index is 13.1. The molecule has 0 unspecified atom stereocenters. The van der Waals surface area contributed by atoms with Gasteiger partial charge in [-0.1, -0.05) is 33.8 Å². The van der Waals surface area contributed by atoms with Crippen molar-refractivity contribution in [3.63, 3.8) is 0 Å². The fraction of sp³-hybridized carbons (Fsp3) is 0.333. The Kier molecular flexibility index (Phi) is 6.07. The molecule has 1 aliphatic heterocycles. The van der Waals surface area contributed by atoms with Crippen LogP contribution in [0.15, 0.2) is 46.7 Å². The van der Waals surface area contributed by atoms with E-state index >= 15 is 0 Å². The lowest BCUT2D eigenvalue weighted by Crippen LogP contribution is -2.31. The standard InChI is InChI=1S/C21H23NO3S2/c1-13(2)12-25-16-9-7-15(8-10-16)22-20(23)18(17-6-5-11-26-17)19(21(22)24)27-14(3)4/h5-11,13-14H,12H2,1-4H3. The van der Waals surface area contributed by atoms with Crippen LogP contribution in [0.1, 0.15) is 32.6 Å². The van der Waals surface area contributed by atoms with Gasteiger partial charge < -0.3 is 4.74 Å². The van der Waals surface area contributed by atoms with Crippen LogP contribution in [0.4, 0.5) is 5.69 Å². The highest BCUT2D eigenvalue weighted by molar-refractivity contribution is 8.04. The zero-order valence-electron chi connectivity index (χ0n) is 15.9. The second kappa shape index (κ2) is 8.31. The van der Waals surface area contributed by atoms with Gasteiger partial charge in [-0.05, 0) is 41.6 Å². The van der Waals surface area contributed by atoms with Gasteiger partial charge in [0.2, 0.25) is 0 Å². The van der Waals surface area contributed by atoms with Crippen LogP contribution in [-0.2, 0) is 9.59 Å². The van der Waals surface area contributed by atoms with E-state index in [1.165, 1.54) is 28.0 Å². The van der Waals surface area contributed by atoms with E-state index in [2.05, 4.69) is 13.8 Å². The second-order valence-corrected chi connectivity index (χ2v) is 9.53. The highest BCUT2D eigenvalue weighted by Crippen LogP contribution is 2.41. The minimum Gasteiger partial charge on any atom is -0.493 e. The zero-order chi connectivity index (χ0) is 19.6. The summed E-state index contributed by atoms with van der Waals surface area (Å²) in [7, 11) is 0. The molecule has 1 aliphatic rings. The first-order valence-electron chi connectivity index (χ1n) is 8.95. The lowest BCUT2D eigenvalue weighted by Gasteiger charge is -2.16. The molecule has 2 amide bonds. The molecule has 3 rings (SSSR count). The predicted molar refractivity (Wildman–Crippen MR) is 113 cm³/mol. The maximum atomic E-state index is 13.1. The second-order valence-electron chi connectivity index (χ2n) is 6.99. The molecule has 1 aromatic heterocycles. The Bertz CT molecular complexity index is 852. The number of amides is 2. The minimum absolute atomic E-state index is 0.207. The Morgan fingerprint density at radius 2 is 1.74 bits per heavy atom. The van der Waals surface area contributed by atoms with Gasteiger partial charge in [0.1, 0.15) is 5.75 Å². The summed E-state index contributed by atoms with van der Waals surface area (Å²) in [4.78, 5) is 28.8. The van der Waals surface area contributed by atoms with Crippen LogP contribution >= 0.6 is 23.1 Å². The van der Waals surface area contributed by atoms with Gasteiger partial charge in [-0.25, -0.2) is 4.90 Å². The number of thioether (sulfide) groups is 1. The molecule has 6 heteroatoms. The molecule has 0 radical (unpaired) electrons. The van der Waals surface area contributed by atoms with Crippen LogP contribution in [0.25, 0.3) is 5.57 Å². The minimum atomic E-state index is -0.263. The largest absolute Gasteiger partial charge is 0.493 e. The van der Waals surface area contributed by atoms with E-state index in [1.54, 1.807) is 24.3 Å². The Morgan fingerprint density at radius 3 is 2.30 bits per heavy atom. The molecule has 27 heavy (non-hydrogen) atoms. The number of carbonyl (C=O) groups excluding carboxylic acids is 2. The van der Waals surface area contributed by atoms with Gasteiger partial charge in [0.25, 0.3) is 11.8 Å². The maximum Gasteiger partial charge on any atom is 0.272 e. The fourth-order valence-corrected chi connectivity index (χ4v) is 4.49. The highest BCUT2D eigenvalue weighted by Gasteiger charge is 2.40.